The van der Waals surface area contributed by atoms with Gasteiger partial charge in [-0.05, 0) is 47.3 Å². The van der Waals surface area contributed by atoms with Crippen molar-refractivity contribution in [3.8, 4) is 5.75 Å². The van der Waals surface area contributed by atoms with E-state index in [9.17, 15) is 19.1 Å². The van der Waals surface area contributed by atoms with Crippen molar-refractivity contribution in [2.45, 2.75) is 12.6 Å². The van der Waals surface area contributed by atoms with Crippen LogP contribution in [0.4, 0.5) is 10.1 Å². The highest BCUT2D eigenvalue weighted by Crippen LogP contribution is 2.42. The first kappa shape index (κ1) is 21.2. The minimum atomic E-state index is -0.835. The highest BCUT2D eigenvalue weighted by molar-refractivity contribution is 7.09. The van der Waals surface area contributed by atoms with Gasteiger partial charge in [0.2, 0.25) is 0 Å². The largest absolute Gasteiger partial charge is 0.507 e. The van der Waals surface area contributed by atoms with Crippen LogP contribution in [0.1, 0.15) is 22.0 Å². The molecule has 0 saturated carbocycles. The number of ether oxygens (including phenoxy) is 1. The molecular formula is C25H21FN2O4S. The molecule has 1 unspecified atom stereocenters. The quantitative estimate of drug-likeness (QED) is 0.353. The Morgan fingerprint density at radius 2 is 1.97 bits per heavy atom. The Hall–Kier alpha value is -3.65. The molecule has 3 aromatic rings. The van der Waals surface area contributed by atoms with Crippen molar-refractivity contribution >= 4 is 34.5 Å². The third-order valence-corrected chi connectivity index (χ3v) is 6.82. The number of aliphatic hydroxyl groups excluding tert-OH is 1. The average molecular weight is 465 g/mol. The number of aliphatic hydroxyl groups is 1. The Morgan fingerprint density at radius 3 is 2.70 bits per heavy atom. The maximum Gasteiger partial charge on any atom is 0.295 e. The van der Waals surface area contributed by atoms with Gasteiger partial charge in [-0.3, -0.25) is 9.59 Å². The average Bonchev–Trinajstić information content (AvgIpc) is 3.42. The third-order valence-electron chi connectivity index (χ3n) is 5.96. The molecular weight excluding hydrogens is 443 g/mol. The van der Waals surface area contributed by atoms with E-state index in [0.29, 0.717) is 30.0 Å². The summed E-state index contributed by atoms with van der Waals surface area (Å²) in [4.78, 5) is 30.5. The lowest BCUT2D eigenvalue weighted by Gasteiger charge is -2.28. The van der Waals surface area contributed by atoms with Gasteiger partial charge in [0.05, 0.1) is 30.4 Å². The SMILES string of the molecule is CN1CCOc2ccc(/C(O)=C3/C(=O)C(=O)N(Cc4cccs4)C3c3ccc(F)cc3)cc21. The van der Waals surface area contributed by atoms with Gasteiger partial charge < -0.3 is 19.6 Å². The van der Waals surface area contributed by atoms with E-state index in [1.165, 1.54) is 40.5 Å². The summed E-state index contributed by atoms with van der Waals surface area (Å²) in [7, 11) is 1.92. The van der Waals surface area contributed by atoms with Gasteiger partial charge in [-0.2, -0.15) is 0 Å². The van der Waals surface area contributed by atoms with Crippen molar-refractivity contribution in [2.24, 2.45) is 0 Å². The van der Waals surface area contributed by atoms with Crippen molar-refractivity contribution in [2.75, 3.05) is 25.1 Å². The molecule has 0 bridgehead atoms. The van der Waals surface area contributed by atoms with Gasteiger partial charge in [0.15, 0.2) is 0 Å². The van der Waals surface area contributed by atoms with E-state index in [0.717, 1.165) is 10.6 Å². The van der Waals surface area contributed by atoms with Crippen molar-refractivity contribution in [3.05, 3.63) is 87.4 Å². The topological polar surface area (TPSA) is 70.1 Å². The molecule has 1 aromatic heterocycles. The monoisotopic (exact) mass is 464 g/mol. The number of hydrogen-bond acceptors (Lipinski definition) is 6. The number of Topliss-reactive ketones (excluding diaryl/α,β-unsaturated/α-hetero) is 1. The Bertz CT molecular complexity index is 1250. The molecule has 1 N–H and O–H groups in total. The zero-order valence-corrected chi connectivity index (χ0v) is 18.6. The van der Waals surface area contributed by atoms with Crippen LogP contribution in [-0.4, -0.2) is 41.9 Å². The van der Waals surface area contributed by atoms with Crippen LogP contribution in [0.2, 0.25) is 0 Å². The van der Waals surface area contributed by atoms with E-state index in [4.69, 9.17) is 4.74 Å². The van der Waals surface area contributed by atoms with Crippen molar-refractivity contribution in [1.82, 2.24) is 4.90 Å². The van der Waals surface area contributed by atoms with Gasteiger partial charge in [-0.25, -0.2) is 4.39 Å². The van der Waals surface area contributed by atoms with Crippen LogP contribution < -0.4 is 9.64 Å². The minimum Gasteiger partial charge on any atom is -0.507 e. The third kappa shape index (κ3) is 3.76. The van der Waals surface area contributed by atoms with Crippen LogP contribution in [0.25, 0.3) is 5.76 Å². The summed E-state index contributed by atoms with van der Waals surface area (Å²) in [6.07, 6.45) is 0. The lowest BCUT2D eigenvalue weighted by Crippen LogP contribution is -2.29. The first-order valence-corrected chi connectivity index (χ1v) is 11.4. The summed E-state index contributed by atoms with van der Waals surface area (Å²) in [5.41, 5.74) is 1.73. The molecule has 1 amide bonds. The molecule has 6 nitrogen and oxygen atoms in total. The number of ketones is 1. The minimum absolute atomic E-state index is 0.0116. The number of fused-ring (bicyclic) bond motifs is 1. The lowest BCUT2D eigenvalue weighted by molar-refractivity contribution is -0.140. The van der Waals surface area contributed by atoms with Crippen molar-refractivity contribution in [3.63, 3.8) is 0 Å². The Labute approximate surface area is 194 Å². The Kier molecular flexibility index (Phi) is 5.38. The van der Waals surface area contributed by atoms with Gasteiger partial charge in [-0.15, -0.1) is 11.3 Å². The number of carbonyl (C=O) groups excluding carboxylic acids is 2. The van der Waals surface area contributed by atoms with Gasteiger partial charge in [-0.1, -0.05) is 18.2 Å². The molecule has 1 saturated heterocycles. The fourth-order valence-electron chi connectivity index (χ4n) is 4.26. The van der Waals surface area contributed by atoms with Gasteiger partial charge >= 0.3 is 0 Å². The number of halogens is 1. The molecule has 0 radical (unpaired) electrons. The van der Waals surface area contributed by atoms with E-state index < -0.39 is 23.5 Å². The predicted octanol–water partition coefficient (Wildman–Crippen LogP) is 4.34. The molecule has 8 heteroatoms. The molecule has 1 atom stereocenters. The van der Waals surface area contributed by atoms with E-state index in [-0.39, 0.29) is 17.9 Å². The number of likely N-dealkylation sites (tertiary alicyclic amines) is 1. The number of amides is 1. The van der Waals surface area contributed by atoms with Crippen LogP contribution in [-0.2, 0) is 16.1 Å². The molecule has 0 aliphatic carbocycles. The normalized spacial score (nSPS) is 19.5. The number of nitrogens with zero attached hydrogens (tertiary/aromatic N) is 2. The van der Waals surface area contributed by atoms with E-state index in [1.807, 2.05) is 29.5 Å². The first-order valence-electron chi connectivity index (χ1n) is 10.5. The summed E-state index contributed by atoms with van der Waals surface area (Å²) in [6.45, 7) is 1.47. The molecule has 168 valence electrons. The first-order chi connectivity index (χ1) is 15.9. The summed E-state index contributed by atoms with van der Waals surface area (Å²) in [5, 5.41) is 13.2. The van der Waals surface area contributed by atoms with Crippen molar-refractivity contribution in [1.29, 1.82) is 0 Å². The summed E-state index contributed by atoms with van der Waals surface area (Å²) in [6, 6.07) is 13.7. The second kappa shape index (κ2) is 8.37. The maximum absolute atomic E-state index is 13.6. The molecule has 3 heterocycles. The number of anilines is 1. The van der Waals surface area contributed by atoms with Gasteiger partial charge in [0.1, 0.15) is 23.9 Å². The molecule has 1 fully saturated rings. The summed E-state index contributed by atoms with van der Waals surface area (Å²) >= 11 is 1.47. The fourth-order valence-corrected chi connectivity index (χ4v) is 4.96. The number of hydrogen-bond donors (Lipinski definition) is 1. The van der Waals surface area contributed by atoms with Crippen LogP contribution in [0, 0.1) is 5.82 Å². The summed E-state index contributed by atoms with van der Waals surface area (Å²) in [5.74, 6) is -1.46. The maximum atomic E-state index is 13.6. The van der Waals surface area contributed by atoms with E-state index in [2.05, 4.69) is 0 Å². The second-order valence-corrected chi connectivity index (χ2v) is 9.04. The number of carbonyl (C=O) groups is 2. The lowest BCUT2D eigenvalue weighted by atomic mass is 9.95. The molecule has 33 heavy (non-hydrogen) atoms. The fraction of sp³-hybridized carbons (Fsp3) is 0.200. The van der Waals surface area contributed by atoms with Crippen LogP contribution in [0.3, 0.4) is 0 Å². The highest BCUT2D eigenvalue weighted by atomic mass is 32.1. The number of likely N-dealkylation sites (N-methyl/N-ethyl adjacent to an activating group) is 1. The standard InChI is InChI=1S/C25H21FN2O4S/c1-27-10-11-32-20-9-6-16(13-19(20)27)23(29)21-22(15-4-7-17(26)8-5-15)28(25(31)24(21)30)14-18-3-2-12-33-18/h2-9,12-13,22,29H,10-11,14H2,1H3/b23-21-. The molecule has 2 aliphatic heterocycles. The molecule has 0 spiro atoms. The predicted molar refractivity (Wildman–Crippen MR) is 124 cm³/mol. The number of benzene rings is 2. The van der Waals surface area contributed by atoms with Crippen LogP contribution in [0.15, 0.2) is 65.6 Å². The molecule has 2 aliphatic rings. The van der Waals surface area contributed by atoms with Crippen LogP contribution >= 0.6 is 11.3 Å². The van der Waals surface area contributed by atoms with E-state index >= 15 is 0 Å². The highest BCUT2D eigenvalue weighted by Gasteiger charge is 2.46. The van der Waals surface area contributed by atoms with Crippen molar-refractivity contribution < 1.29 is 23.8 Å². The smallest absolute Gasteiger partial charge is 0.295 e. The van der Waals surface area contributed by atoms with E-state index in [1.54, 1.807) is 18.2 Å². The van der Waals surface area contributed by atoms with Gasteiger partial charge in [0, 0.05) is 17.5 Å². The second-order valence-electron chi connectivity index (χ2n) is 8.01. The Balaban J connectivity index is 1.64. The summed E-state index contributed by atoms with van der Waals surface area (Å²) < 4.78 is 19.3. The van der Waals surface area contributed by atoms with Gasteiger partial charge in [0.25, 0.3) is 11.7 Å². The zero-order valence-electron chi connectivity index (χ0n) is 17.8. The number of thiophene rings is 1. The molecule has 5 rings (SSSR count). The Morgan fingerprint density at radius 1 is 1.18 bits per heavy atom. The molecule has 2 aromatic carbocycles. The number of rotatable bonds is 4. The zero-order chi connectivity index (χ0) is 23.1. The van der Waals surface area contributed by atoms with Crippen LogP contribution in [0.5, 0.6) is 5.75 Å².